The Hall–Kier alpha value is -2.62. The average molecular weight is 348 g/mol. The van der Waals surface area contributed by atoms with Crippen molar-refractivity contribution in [3.8, 4) is 11.1 Å². The van der Waals surface area contributed by atoms with Crippen LogP contribution in [0.1, 0.15) is 42.7 Å². The Labute approximate surface area is 153 Å². The van der Waals surface area contributed by atoms with E-state index in [1.807, 2.05) is 18.2 Å². The molecule has 0 amide bonds. The van der Waals surface area contributed by atoms with E-state index in [9.17, 15) is 4.79 Å². The molecule has 2 aliphatic rings. The molecule has 4 heteroatoms. The van der Waals surface area contributed by atoms with Gasteiger partial charge in [-0.1, -0.05) is 55.0 Å². The van der Waals surface area contributed by atoms with E-state index in [0.29, 0.717) is 6.42 Å². The maximum atomic E-state index is 12.4. The molecular weight excluding hydrogens is 324 g/mol. The minimum atomic E-state index is -0.0702. The first-order valence-corrected chi connectivity index (χ1v) is 9.35. The summed E-state index contributed by atoms with van der Waals surface area (Å²) in [5, 5.41) is 7.33. The topological polar surface area (TPSA) is 76.2 Å². The number of amidine groups is 1. The number of nitrogens with two attached hydrogens (primary N) is 1. The van der Waals surface area contributed by atoms with Gasteiger partial charge in [-0.05, 0) is 35.1 Å². The molecule has 1 heterocycles. The molecule has 0 aromatic heterocycles. The lowest BCUT2D eigenvalue weighted by atomic mass is 9.84. The third-order valence-corrected chi connectivity index (χ3v) is 5.65. The fourth-order valence-electron chi connectivity index (χ4n) is 4.40. The Kier molecular flexibility index (Phi) is 4.49. The van der Waals surface area contributed by atoms with E-state index in [-0.39, 0.29) is 29.7 Å². The van der Waals surface area contributed by atoms with Crippen molar-refractivity contribution in [1.82, 2.24) is 0 Å². The number of carbonyl (C=O) groups excluding carboxylic acids is 1. The summed E-state index contributed by atoms with van der Waals surface area (Å²) in [7, 11) is 0. The van der Waals surface area contributed by atoms with Crippen molar-refractivity contribution in [3.63, 3.8) is 0 Å². The van der Waals surface area contributed by atoms with Crippen LogP contribution in [0.25, 0.3) is 11.1 Å². The number of hydrogen-bond donors (Lipinski definition) is 2. The Morgan fingerprint density at radius 3 is 2.69 bits per heavy atom. The molecule has 1 unspecified atom stereocenters. The van der Waals surface area contributed by atoms with E-state index >= 15 is 0 Å². The number of esters is 1. The van der Waals surface area contributed by atoms with Crippen LogP contribution in [0.2, 0.25) is 0 Å². The molecule has 1 saturated heterocycles. The molecule has 2 aromatic carbocycles. The summed E-state index contributed by atoms with van der Waals surface area (Å²) < 4.78 is 5.70. The molecule has 0 saturated carbocycles. The molecule has 0 radical (unpaired) electrons. The summed E-state index contributed by atoms with van der Waals surface area (Å²) in [4.78, 5) is 12.4. The predicted octanol–water partition coefficient (Wildman–Crippen LogP) is 4.03. The highest BCUT2D eigenvalue weighted by Crippen LogP contribution is 2.48. The van der Waals surface area contributed by atoms with Crippen molar-refractivity contribution in [2.45, 2.75) is 44.1 Å². The summed E-state index contributed by atoms with van der Waals surface area (Å²) in [5.74, 6) is 0.256. The second-order valence-corrected chi connectivity index (χ2v) is 7.36. The van der Waals surface area contributed by atoms with Gasteiger partial charge in [0.25, 0.3) is 0 Å². The van der Waals surface area contributed by atoms with Gasteiger partial charge in [0.1, 0.15) is 6.10 Å². The monoisotopic (exact) mass is 348 g/mol. The van der Waals surface area contributed by atoms with Crippen molar-refractivity contribution in [1.29, 1.82) is 5.41 Å². The maximum absolute atomic E-state index is 12.4. The van der Waals surface area contributed by atoms with Crippen molar-refractivity contribution in [3.05, 3.63) is 59.7 Å². The molecule has 3 atom stereocenters. The van der Waals surface area contributed by atoms with E-state index in [2.05, 4.69) is 30.3 Å². The number of rotatable bonds is 6. The van der Waals surface area contributed by atoms with Gasteiger partial charge in [0, 0.05) is 18.8 Å². The molecule has 1 fully saturated rings. The van der Waals surface area contributed by atoms with Gasteiger partial charge in [-0.25, -0.2) is 0 Å². The summed E-state index contributed by atoms with van der Waals surface area (Å²) >= 11 is 0. The molecule has 3 N–H and O–H groups in total. The zero-order valence-electron chi connectivity index (χ0n) is 14.8. The van der Waals surface area contributed by atoms with E-state index in [0.717, 1.165) is 25.7 Å². The van der Waals surface area contributed by atoms with Gasteiger partial charge in [0.2, 0.25) is 0 Å². The molecule has 26 heavy (non-hydrogen) atoms. The Morgan fingerprint density at radius 1 is 1.12 bits per heavy atom. The first-order valence-electron chi connectivity index (χ1n) is 9.35. The largest absolute Gasteiger partial charge is 0.461 e. The van der Waals surface area contributed by atoms with Gasteiger partial charge in [0.05, 0.1) is 11.8 Å². The number of unbranched alkanes of at least 4 members (excludes halogenated alkanes) is 1. The summed E-state index contributed by atoms with van der Waals surface area (Å²) in [6, 6.07) is 17.0. The second-order valence-electron chi connectivity index (χ2n) is 7.36. The molecule has 4 rings (SSSR count). The van der Waals surface area contributed by atoms with Crippen LogP contribution in [-0.2, 0) is 16.0 Å². The number of carbonyl (C=O) groups is 1. The fourth-order valence-corrected chi connectivity index (χ4v) is 4.40. The maximum Gasteiger partial charge on any atom is 0.310 e. The highest BCUT2D eigenvalue weighted by atomic mass is 16.6. The van der Waals surface area contributed by atoms with Gasteiger partial charge in [-0.2, -0.15) is 0 Å². The Bertz CT molecular complexity index is 831. The number of ether oxygens (including phenoxy) is 1. The lowest BCUT2D eigenvalue weighted by molar-refractivity contribution is -0.144. The molecule has 2 aromatic rings. The quantitative estimate of drug-likeness (QED) is 0.358. The van der Waals surface area contributed by atoms with E-state index in [1.54, 1.807) is 0 Å². The lowest BCUT2D eigenvalue weighted by Crippen LogP contribution is -2.16. The van der Waals surface area contributed by atoms with Gasteiger partial charge >= 0.3 is 5.97 Å². The van der Waals surface area contributed by atoms with Gasteiger partial charge in [-0.15, -0.1) is 0 Å². The van der Waals surface area contributed by atoms with Crippen LogP contribution in [0.4, 0.5) is 0 Å². The molecule has 0 spiro atoms. The minimum Gasteiger partial charge on any atom is -0.461 e. The van der Waals surface area contributed by atoms with Crippen LogP contribution < -0.4 is 5.73 Å². The minimum absolute atomic E-state index is 0.0127. The van der Waals surface area contributed by atoms with Crippen LogP contribution in [0, 0.1) is 11.3 Å². The molecular formula is C22H24N2O2. The SMILES string of the molecule is N=C(N)CCCCC1C(=O)O[C@H]2Cc3ccc(-c4ccccc4)cc3[C@H]12. The molecule has 0 bridgehead atoms. The first-order chi connectivity index (χ1) is 12.6. The number of nitrogens with one attached hydrogen (secondary N) is 1. The fraction of sp³-hybridized carbons (Fsp3) is 0.364. The van der Waals surface area contributed by atoms with Crippen LogP contribution in [0.15, 0.2) is 48.5 Å². The molecule has 1 aliphatic carbocycles. The highest BCUT2D eigenvalue weighted by Gasteiger charge is 2.49. The van der Waals surface area contributed by atoms with Crippen LogP contribution >= 0.6 is 0 Å². The van der Waals surface area contributed by atoms with Gasteiger partial charge in [0.15, 0.2) is 0 Å². The third kappa shape index (κ3) is 3.12. The zero-order chi connectivity index (χ0) is 18.1. The van der Waals surface area contributed by atoms with Crippen molar-refractivity contribution < 1.29 is 9.53 Å². The summed E-state index contributed by atoms with van der Waals surface area (Å²) in [6.07, 6.45) is 3.97. The van der Waals surface area contributed by atoms with Crippen molar-refractivity contribution in [2.24, 2.45) is 11.7 Å². The second kappa shape index (κ2) is 6.94. The Morgan fingerprint density at radius 2 is 1.92 bits per heavy atom. The smallest absolute Gasteiger partial charge is 0.310 e. The first kappa shape index (κ1) is 16.8. The van der Waals surface area contributed by atoms with Gasteiger partial charge < -0.3 is 10.5 Å². The van der Waals surface area contributed by atoms with Crippen molar-refractivity contribution >= 4 is 11.8 Å². The predicted molar refractivity (Wildman–Crippen MR) is 102 cm³/mol. The van der Waals surface area contributed by atoms with E-state index < -0.39 is 0 Å². The molecule has 1 aliphatic heterocycles. The van der Waals surface area contributed by atoms with Crippen LogP contribution in [0.5, 0.6) is 0 Å². The number of hydrogen-bond acceptors (Lipinski definition) is 3. The molecule has 134 valence electrons. The zero-order valence-corrected chi connectivity index (χ0v) is 14.8. The number of benzene rings is 2. The summed E-state index contributed by atoms with van der Waals surface area (Å²) in [6.45, 7) is 0. The average Bonchev–Trinajstić information content (AvgIpc) is 3.13. The third-order valence-electron chi connectivity index (χ3n) is 5.65. The van der Waals surface area contributed by atoms with E-state index in [4.69, 9.17) is 15.9 Å². The van der Waals surface area contributed by atoms with Gasteiger partial charge in [-0.3, -0.25) is 10.2 Å². The Balaban J connectivity index is 1.56. The van der Waals surface area contributed by atoms with Crippen LogP contribution in [0.3, 0.4) is 0 Å². The van der Waals surface area contributed by atoms with Crippen LogP contribution in [-0.4, -0.2) is 17.9 Å². The molecule has 4 nitrogen and oxygen atoms in total. The number of fused-ring (bicyclic) bond motifs is 3. The summed E-state index contributed by atoms with van der Waals surface area (Å²) in [5.41, 5.74) is 10.4. The highest BCUT2D eigenvalue weighted by molar-refractivity contribution is 5.78. The van der Waals surface area contributed by atoms with Crippen molar-refractivity contribution in [2.75, 3.05) is 0 Å². The normalized spacial score (nSPS) is 23.4. The lowest BCUT2D eigenvalue weighted by Gasteiger charge is -2.16. The van der Waals surface area contributed by atoms with E-state index in [1.165, 1.54) is 22.3 Å². The standard InChI is InChI=1S/C22H24N2O2/c23-20(24)9-5-4-8-17-21-18-12-15(14-6-2-1-3-7-14)10-11-16(18)13-19(21)26-22(17)25/h1-3,6-7,10-12,17,19,21H,4-5,8-9,13H2,(H3,23,24)/t17?,19-,21-/m0/s1.